The summed E-state index contributed by atoms with van der Waals surface area (Å²) in [4.78, 5) is 23.6. The van der Waals surface area contributed by atoms with E-state index in [4.69, 9.17) is 9.84 Å². The quantitative estimate of drug-likeness (QED) is 0.629. The summed E-state index contributed by atoms with van der Waals surface area (Å²) < 4.78 is 5.24. The van der Waals surface area contributed by atoms with Crippen molar-refractivity contribution in [1.29, 1.82) is 0 Å². The molecule has 0 aromatic carbocycles. The molecule has 7 heteroatoms. The van der Waals surface area contributed by atoms with E-state index in [0.717, 1.165) is 24.1 Å². The minimum absolute atomic E-state index is 0.118. The van der Waals surface area contributed by atoms with Gasteiger partial charge in [0.25, 0.3) is 0 Å². The lowest BCUT2D eigenvalue weighted by Crippen LogP contribution is -2.42. The number of carboxylic acids is 1. The van der Waals surface area contributed by atoms with E-state index in [1.807, 2.05) is 20.8 Å². The summed E-state index contributed by atoms with van der Waals surface area (Å²) in [5.74, 6) is -0.911. The van der Waals surface area contributed by atoms with Gasteiger partial charge in [0.1, 0.15) is 5.60 Å². The van der Waals surface area contributed by atoms with E-state index in [0.29, 0.717) is 18.7 Å². The second-order valence-corrected chi connectivity index (χ2v) is 7.71. The molecule has 1 atom stereocenters. The first-order valence-electron chi connectivity index (χ1n) is 8.22. The molecule has 1 heterocycles. The molecule has 0 aliphatic rings. The fourth-order valence-corrected chi connectivity index (χ4v) is 2.89. The van der Waals surface area contributed by atoms with Crippen molar-refractivity contribution in [2.75, 3.05) is 6.54 Å². The third-order valence-electron chi connectivity index (χ3n) is 3.26. The number of thiophene rings is 1. The second kappa shape index (κ2) is 9.64. The van der Waals surface area contributed by atoms with E-state index >= 15 is 0 Å². The normalized spacial score (nSPS) is 12.7. The molecule has 0 bridgehead atoms. The summed E-state index contributed by atoms with van der Waals surface area (Å²) in [5, 5.41) is 16.8. The lowest BCUT2D eigenvalue weighted by atomic mass is 10.1. The van der Waals surface area contributed by atoms with E-state index < -0.39 is 17.7 Å². The highest BCUT2D eigenvalue weighted by molar-refractivity contribution is 7.10. The van der Waals surface area contributed by atoms with Crippen LogP contribution in [0.5, 0.6) is 0 Å². The number of nitrogens with one attached hydrogen (secondary N) is 2. The molecule has 0 radical (unpaired) electrons. The predicted molar refractivity (Wildman–Crippen MR) is 95.7 cm³/mol. The molecule has 0 aliphatic carbocycles. The molecular weight excluding hydrogens is 328 g/mol. The van der Waals surface area contributed by atoms with Gasteiger partial charge in [-0.3, -0.25) is 0 Å². The highest BCUT2D eigenvalue weighted by Gasteiger charge is 2.17. The third-order valence-corrected chi connectivity index (χ3v) is 4.20. The molecule has 0 spiro atoms. The van der Waals surface area contributed by atoms with Crippen molar-refractivity contribution in [3.05, 3.63) is 21.9 Å². The molecule has 3 N–H and O–H groups in total. The SMILES string of the molecule is CCCCC(CNC(=O)OC(C)(C)C)NCc1cc(C(=O)O)cs1. The molecule has 1 aromatic rings. The number of rotatable bonds is 9. The molecular formula is C17H28N2O4S. The summed E-state index contributed by atoms with van der Waals surface area (Å²) in [5.41, 5.74) is -0.200. The number of alkyl carbamates (subject to hydrolysis) is 1. The first kappa shape index (κ1) is 20.4. The average molecular weight is 356 g/mol. The number of unbranched alkanes of at least 4 members (excludes halogenated alkanes) is 1. The Morgan fingerprint density at radius 2 is 2.08 bits per heavy atom. The van der Waals surface area contributed by atoms with Gasteiger partial charge in [-0.2, -0.15) is 0 Å². The maximum atomic E-state index is 11.8. The minimum atomic E-state index is -0.911. The Morgan fingerprint density at radius 3 is 2.62 bits per heavy atom. The van der Waals surface area contributed by atoms with E-state index in [1.165, 1.54) is 11.3 Å². The molecule has 0 saturated heterocycles. The largest absolute Gasteiger partial charge is 0.478 e. The maximum absolute atomic E-state index is 11.8. The van der Waals surface area contributed by atoms with Crippen LogP contribution in [0.4, 0.5) is 4.79 Å². The summed E-state index contributed by atoms with van der Waals surface area (Å²) in [6.45, 7) is 8.67. The van der Waals surface area contributed by atoms with Crippen LogP contribution >= 0.6 is 11.3 Å². The van der Waals surface area contributed by atoms with Crippen molar-refractivity contribution >= 4 is 23.4 Å². The van der Waals surface area contributed by atoms with Crippen LogP contribution in [-0.4, -0.2) is 35.4 Å². The van der Waals surface area contributed by atoms with Gasteiger partial charge in [-0.05, 0) is 33.3 Å². The third kappa shape index (κ3) is 8.31. The van der Waals surface area contributed by atoms with Gasteiger partial charge in [0.2, 0.25) is 0 Å². The van der Waals surface area contributed by atoms with Gasteiger partial charge >= 0.3 is 12.1 Å². The van der Waals surface area contributed by atoms with Crippen LogP contribution in [0, 0.1) is 0 Å². The number of ether oxygens (including phenoxy) is 1. The van der Waals surface area contributed by atoms with Gasteiger partial charge in [0.05, 0.1) is 5.56 Å². The van der Waals surface area contributed by atoms with E-state index in [9.17, 15) is 9.59 Å². The highest BCUT2D eigenvalue weighted by Crippen LogP contribution is 2.15. The Morgan fingerprint density at radius 1 is 1.38 bits per heavy atom. The number of amides is 1. The Labute approximate surface area is 147 Å². The van der Waals surface area contributed by atoms with E-state index in [2.05, 4.69) is 17.6 Å². The number of hydrogen-bond donors (Lipinski definition) is 3. The van der Waals surface area contributed by atoms with Crippen LogP contribution < -0.4 is 10.6 Å². The van der Waals surface area contributed by atoms with Gasteiger partial charge in [0.15, 0.2) is 0 Å². The van der Waals surface area contributed by atoms with Crippen molar-refractivity contribution in [1.82, 2.24) is 10.6 Å². The van der Waals surface area contributed by atoms with Crippen LogP contribution in [0.25, 0.3) is 0 Å². The summed E-state index contributed by atoms with van der Waals surface area (Å²) >= 11 is 1.42. The van der Waals surface area contributed by atoms with Crippen molar-refractivity contribution in [2.45, 2.75) is 65.1 Å². The number of carbonyl (C=O) groups is 2. The highest BCUT2D eigenvalue weighted by atomic mass is 32.1. The lowest BCUT2D eigenvalue weighted by Gasteiger charge is -2.22. The van der Waals surface area contributed by atoms with Crippen molar-refractivity contribution in [3.63, 3.8) is 0 Å². The molecule has 0 aliphatic heterocycles. The molecule has 0 fully saturated rings. The molecule has 6 nitrogen and oxygen atoms in total. The number of aromatic carboxylic acids is 1. The molecule has 24 heavy (non-hydrogen) atoms. The van der Waals surface area contributed by atoms with Crippen molar-refractivity contribution in [3.8, 4) is 0 Å². The monoisotopic (exact) mass is 356 g/mol. The van der Waals surface area contributed by atoms with Gasteiger partial charge in [-0.15, -0.1) is 11.3 Å². The van der Waals surface area contributed by atoms with Gasteiger partial charge < -0.3 is 20.5 Å². The second-order valence-electron chi connectivity index (χ2n) is 6.71. The fraction of sp³-hybridized carbons (Fsp3) is 0.647. The fourth-order valence-electron chi connectivity index (χ4n) is 2.08. The number of carbonyl (C=O) groups excluding carboxylic acids is 1. The van der Waals surface area contributed by atoms with Crippen LogP contribution in [0.1, 0.15) is 62.2 Å². The molecule has 136 valence electrons. The van der Waals surface area contributed by atoms with Crippen LogP contribution in [0.2, 0.25) is 0 Å². The van der Waals surface area contributed by atoms with Crippen LogP contribution in [0.15, 0.2) is 11.4 Å². The number of carboxylic acid groups (broad SMARTS) is 1. The standard InChI is InChI=1S/C17H28N2O4S/c1-5-6-7-13(9-19-16(22)23-17(2,3)4)18-10-14-8-12(11-24-14)15(20)21/h8,11,13,18H,5-7,9-10H2,1-4H3,(H,19,22)(H,20,21). The predicted octanol–water partition coefficient (Wildman–Crippen LogP) is 3.62. The summed E-state index contributed by atoms with van der Waals surface area (Å²) in [6, 6.07) is 1.80. The summed E-state index contributed by atoms with van der Waals surface area (Å²) in [7, 11) is 0. The van der Waals surface area contributed by atoms with Gasteiger partial charge in [-0.25, -0.2) is 9.59 Å². The molecule has 1 amide bonds. The van der Waals surface area contributed by atoms with E-state index in [1.54, 1.807) is 11.4 Å². The van der Waals surface area contributed by atoms with Crippen molar-refractivity contribution < 1.29 is 19.4 Å². The lowest BCUT2D eigenvalue weighted by molar-refractivity contribution is 0.0521. The maximum Gasteiger partial charge on any atom is 0.407 e. The Balaban J connectivity index is 2.48. The zero-order valence-electron chi connectivity index (χ0n) is 14.8. The van der Waals surface area contributed by atoms with Crippen LogP contribution in [0.3, 0.4) is 0 Å². The first-order chi connectivity index (χ1) is 11.2. The van der Waals surface area contributed by atoms with Crippen LogP contribution in [-0.2, 0) is 11.3 Å². The van der Waals surface area contributed by atoms with Gasteiger partial charge in [-0.1, -0.05) is 19.8 Å². The van der Waals surface area contributed by atoms with Crippen molar-refractivity contribution in [2.24, 2.45) is 0 Å². The minimum Gasteiger partial charge on any atom is -0.478 e. The Bertz CT molecular complexity index is 537. The smallest absolute Gasteiger partial charge is 0.407 e. The molecule has 1 aromatic heterocycles. The summed E-state index contributed by atoms with van der Waals surface area (Å²) in [6.07, 6.45) is 2.64. The first-order valence-corrected chi connectivity index (χ1v) is 9.10. The Kier molecular flexibility index (Phi) is 8.21. The van der Waals surface area contributed by atoms with E-state index in [-0.39, 0.29) is 6.04 Å². The molecule has 0 saturated carbocycles. The topological polar surface area (TPSA) is 87.7 Å². The van der Waals surface area contributed by atoms with Gasteiger partial charge in [0, 0.05) is 29.4 Å². The zero-order valence-corrected chi connectivity index (χ0v) is 15.7. The average Bonchev–Trinajstić information content (AvgIpc) is 2.93. The zero-order chi connectivity index (χ0) is 18.2. The Hall–Kier alpha value is -1.60. The molecule has 1 unspecified atom stereocenters. The molecule has 1 rings (SSSR count). The number of hydrogen-bond acceptors (Lipinski definition) is 5.